The highest BCUT2D eigenvalue weighted by atomic mass is 19.1. The van der Waals surface area contributed by atoms with Crippen LogP contribution in [0, 0.1) is 12.7 Å². The normalized spacial score (nSPS) is 16.2. The molecule has 2 aromatic carbocycles. The molecule has 3 rings (SSSR count). The van der Waals surface area contributed by atoms with Gasteiger partial charge in [0.1, 0.15) is 5.82 Å². The molecule has 1 amide bonds. The Kier molecular flexibility index (Phi) is 3.26. The molecule has 2 aromatic rings. The Morgan fingerprint density at radius 1 is 1.30 bits per heavy atom. The third-order valence-electron chi connectivity index (χ3n) is 3.89. The second-order valence-electron chi connectivity index (χ2n) is 5.27. The molecule has 3 heteroatoms. The first-order chi connectivity index (χ1) is 9.65. The smallest absolute Gasteiger partial charge is 0.251 e. The quantitative estimate of drug-likeness (QED) is 0.911. The van der Waals surface area contributed by atoms with Gasteiger partial charge in [-0.1, -0.05) is 24.3 Å². The molecule has 0 saturated heterocycles. The maximum atomic E-state index is 13.2. The van der Waals surface area contributed by atoms with Gasteiger partial charge in [-0.25, -0.2) is 4.39 Å². The van der Waals surface area contributed by atoms with Crippen molar-refractivity contribution in [2.45, 2.75) is 19.3 Å². The molecule has 1 aliphatic rings. The van der Waals surface area contributed by atoms with E-state index in [2.05, 4.69) is 17.4 Å². The number of hydrogen-bond donors (Lipinski definition) is 1. The lowest BCUT2D eigenvalue weighted by molar-refractivity contribution is 0.0950. The summed E-state index contributed by atoms with van der Waals surface area (Å²) in [6.07, 6.45) is 1.01. The molecule has 0 spiro atoms. The Morgan fingerprint density at radius 2 is 2.10 bits per heavy atom. The minimum Gasteiger partial charge on any atom is -0.351 e. The minimum atomic E-state index is -0.283. The van der Waals surface area contributed by atoms with Crippen LogP contribution in [0.5, 0.6) is 0 Å². The largest absolute Gasteiger partial charge is 0.351 e. The van der Waals surface area contributed by atoms with Gasteiger partial charge >= 0.3 is 0 Å². The van der Waals surface area contributed by atoms with Gasteiger partial charge in [-0.15, -0.1) is 0 Å². The molecule has 0 radical (unpaired) electrons. The summed E-state index contributed by atoms with van der Waals surface area (Å²) in [4.78, 5) is 12.0. The number of halogens is 1. The van der Waals surface area contributed by atoms with Crippen molar-refractivity contribution in [3.63, 3.8) is 0 Å². The lowest BCUT2D eigenvalue weighted by atomic mass is 9.77. The molecule has 0 bridgehead atoms. The average Bonchev–Trinajstić information content (AvgIpc) is 2.42. The Hall–Kier alpha value is -2.16. The van der Waals surface area contributed by atoms with E-state index < -0.39 is 0 Å². The molecule has 1 atom stereocenters. The number of carbonyl (C=O) groups is 1. The number of amides is 1. The summed E-state index contributed by atoms with van der Waals surface area (Å²) < 4.78 is 13.2. The van der Waals surface area contributed by atoms with E-state index in [1.165, 1.54) is 23.3 Å². The van der Waals surface area contributed by atoms with Crippen molar-refractivity contribution >= 4 is 5.91 Å². The summed E-state index contributed by atoms with van der Waals surface area (Å²) in [6.45, 7) is 2.29. The SMILES string of the molecule is Cc1cc(C(=O)NCC2Cc3ccccc32)ccc1F. The standard InChI is InChI=1S/C17H16FNO/c1-11-8-13(6-7-16(11)18)17(20)19-10-14-9-12-4-2-3-5-15(12)14/h2-8,14H,9-10H2,1H3,(H,19,20). The van der Waals surface area contributed by atoms with E-state index in [4.69, 9.17) is 0 Å². The van der Waals surface area contributed by atoms with Crippen LogP contribution in [0.4, 0.5) is 4.39 Å². The van der Waals surface area contributed by atoms with Crippen molar-refractivity contribution in [3.05, 3.63) is 70.5 Å². The van der Waals surface area contributed by atoms with Gasteiger partial charge in [-0.2, -0.15) is 0 Å². The molecule has 1 unspecified atom stereocenters. The second kappa shape index (κ2) is 5.08. The molecule has 0 fully saturated rings. The zero-order valence-corrected chi connectivity index (χ0v) is 11.3. The third kappa shape index (κ3) is 2.31. The fourth-order valence-corrected chi connectivity index (χ4v) is 2.65. The highest BCUT2D eigenvalue weighted by molar-refractivity contribution is 5.94. The Morgan fingerprint density at radius 3 is 2.85 bits per heavy atom. The topological polar surface area (TPSA) is 29.1 Å². The molecular formula is C17H16FNO. The van der Waals surface area contributed by atoms with Crippen molar-refractivity contribution in [3.8, 4) is 0 Å². The van der Waals surface area contributed by atoms with Crippen molar-refractivity contribution in [1.82, 2.24) is 5.32 Å². The van der Waals surface area contributed by atoms with Crippen molar-refractivity contribution in [2.75, 3.05) is 6.54 Å². The first-order valence-corrected chi connectivity index (χ1v) is 6.77. The number of nitrogens with one attached hydrogen (secondary N) is 1. The van der Waals surface area contributed by atoms with Gasteiger partial charge in [0.2, 0.25) is 0 Å². The van der Waals surface area contributed by atoms with E-state index in [1.54, 1.807) is 13.0 Å². The number of rotatable bonds is 3. The molecule has 0 saturated carbocycles. The minimum absolute atomic E-state index is 0.141. The number of aryl methyl sites for hydroxylation is 1. The lowest BCUT2D eigenvalue weighted by Gasteiger charge is -2.30. The number of fused-ring (bicyclic) bond motifs is 1. The van der Waals surface area contributed by atoms with Crippen molar-refractivity contribution in [1.29, 1.82) is 0 Å². The summed E-state index contributed by atoms with van der Waals surface area (Å²) in [6, 6.07) is 12.7. The van der Waals surface area contributed by atoms with Crippen LogP contribution in [0.15, 0.2) is 42.5 Å². The van der Waals surface area contributed by atoms with Crippen molar-refractivity contribution < 1.29 is 9.18 Å². The predicted octanol–water partition coefficient (Wildman–Crippen LogP) is 3.20. The Bertz CT molecular complexity index is 666. The van der Waals surface area contributed by atoms with Crippen LogP contribution < -0.4 is 5.32 Å². The van der Waals surface area contributed by atoms with E-state index >= 15 is 0 Å². The number of hydrogen-bond acceptors (Lipinski definition) is 1. The summed E-state index contributed by atoms with van der Waals surface area (Å²) >= 11 is 0. The first-order valence-electron chi connectivity index (χ1n) is 6.77. The molecule has 1 aliphatic carbocycles. The molecule has 1 N–H and O–H groups in total. The first kappa shape index (κ1) is 12.9. The molecule has 0 aromatic heterocycles. The molecule has 20 heavy (non-hydrogen) atoms. The second-order valence-corrected chi connectivity index (χ2v) is 5.27. The van der Waals surface area contributed by atoms with E-state index in [0.29, 0.717) is 23.6 Å². The van der Waals surface area contributed by atoms with E-state index in [1.807, 2.05) is 12.1 Å². The average molecular weight is 269 g/mol. The molecule has 0 heterocycles. The fraction of sp³-hybridized carbons (Fsp3) is 0.235. The van der Waals surface area contributed by atoms with Gasteiger partial charge in [-0.05, 0) is 48.2 Å². The lowest BCUT2D eigenvalue weighted by Crippen LogP contribution is -2.33. The highest BCUT2D eigenvalue weighted by Crippen LogP contribution is 2.34. The van der Waals surface area contributed by atoms with Gasteiger partial charge in [-0.3, -0.25) is 4.79 Å². The van der Waals surface area contributed by atoms with Crippen LogP contribution in [0.25, 0.3) is 0 Å². The third-order valence-corrected chi connectivity index (χ3v) is 3.89. The van der Waals surface area contributed by atoms with Crippen LogP contribution in [0.2, 0.25) is 0 Å². The van der Waals surface area contributed by atoms with Crippen LogP contribution in [-0.4, -0.2) is 12.5 Å². The van der Waals surface area contributed by atoms with Gasteiger partial charge in [0.15, 0.2) is 0 Å². The Balaban J connectivity index is 1.62. The van der Waals surface area contributed by atoms with E-state index in [9.17, 15) is 9.18 Å². The van der Waals surface area contributed by atoms with Gasteiger partial charge in [0.05, 0.1) is 0 Å². The van der Waals surface area contributed by atoms with Gasteiger partial charge in [0.25, 0.3) is 5.91 Å². The summed E-state index contributed by atoms with van der Waals surface area (Å²) in [5.41, 5.74) is 3.69. The van der Waals surface area contributed by atoms with Crippen LogP contribution in [-0.2, 0) is 6.42 Å². The maximum Gasteiger partial charge on any atom is 0.251 e. The molecule has 102 valence electrons. The van der Waals surface area contributed by atoms with Crippen molar-refractivity contribution in [2.24, 2.45) is 0 Å². The molecular weight excluding hydrogens is 253 g/mol. The summed E-state index contributed by atoms with van der Waals surface area (Å²) in [5, 5.41) is 2.93. The number of carbonyl (C=O) groups excluding carboxylic acids is 1. The number of benzene rings is 2. The predicted molar refractivity (Wildman–Crippen MR) is 76.4 cm³/mol. The monoisotopic (exact) mass is 269 g/mol. The molecule has 0 aliphatic heterocycles. The summed E-state index contributed by atoms with van der Waals surface area (Å²) in [7, 11) is 0. The molecule has 2 nitrogen and oxygen atoms in total. The van der Waals surface area contributed by atoms with Gasteiger partial charge in [0, 0.05) is 18.0 Å². The van der Waals surface area contributed by atoms with Gasteiger partial charge < -0.3 is 5.32 Å². The zero-order valence-electron chi connectivity index (χ0n) is 11.3. The fourth-order valence-electron chi connectivity index (χ4n) is 2.65. The maximum absolute atomic E-state index is 13.2. The van der Waals surface area contributed by atoms with E-state index in [-0.39, 0.29) is 11.7 Å². The summed E-state index contributed by atoms with van der Waals surface area (Å²) in [5.74, 6) is -0.0244. The zero-order chi connectivity index (χ0) is 14.1. The highest BCUT2D eigenvalue weighted by Gasteiger charge is 2.25. The van der Waals surface area contributed by atoms with Crippen LogP contribution in [0.3, 0.4) is 0 Å². The van der Waals surface area contributed by atoms with Crippen LogP contribution in [0.1, 0.15) is 33.0 Å². The van der Waals surface area contributed by atoms with E-state index in [0.717, 1.165) is 6.42 Å². The van der Waals surface area contributed by atoms with Crippen LogP contribution >= 0.6 is 0 Å². The Labute approximate surface area is 117 Å².